The van der Waals surface area contributed by atoms with E-state index in [4.69, 9.17) is 18.0 Å². The van der Waals surface area contributed by atoms with E-state index in [-0.39, 0.29) is 5.92 Å². The summed E-state index contributed by atoms with van der Waals surface area (Å²) in [7, 11) is 2.08. The summed E-state index contributed by atoms with van der Waals surface area (Å²) >= 11 is 5.02. The Labute approximate surface area is 119 Å². The Hall–Kier alpha value is -1.52. The second-order valence-corrected chi connectivity index (χ2v) is 5.46. The fourth-order valence-electron chi connectivity index (χ4n) is 2.21. The highest BCUT2D eigenvalue weighted by molar-refractivity contribution is 7.80. The van der Waals surface area contributed by atoms with Crippen molar-refractivity contribution in [1.82, 2.24) is 9.88 Å². The molecular formula is C15H19N3S. The number of hydrogen-bond acceptors (Lipinski definition) is 3. The van der Waals surface area contributed by atoms with E-state index in [1.807, 2.05) is 12.3 Å². The molecule has 0 bridgehead atoms. The smallest absolute Gasteiger partial charge is 0.0768 e. The number of nitrogens with two attached hydrogens (primary N) is 1. The number of thiocarbonyl (C=S) groups is 1. The number of hydrogen-bond donors (Lipinski definition) is 1. The minimum absolute atomic E-state index is 0.225. The van der Waals surface area contributed by atoms with Gasteiger partial charge in [0.2, 0.25) is 0 Å². The third kappa shape index (κ3) is 3.49. The van der Waals surface area contributed by atoms with Crippen molar-refractivity contribution in [2.45, 2.75) is 13.5 Å². The van der Waals surface area contributed by atoms with Crippen molar-refractivity contribution in [1.29, 1.82) is 0 Å². The molecule has 1 unspecified atom stereocenters. The Kier molecular flexibility index (Phi) is 4.45. The summed E-state index contributed by atoms with van der Waals surface area (Å²) in [6.07, 6.45) is 1.84. The van der Waals surface area contributed by atoms with Crippen molar-refractivity contribution < 1.29 is 0 Å². The molecule has 2 N–H and O–H groups in total. The van der Waals surface area contributed by atoms with Gasteiger partial charge in [0, 0.05) is 30.6 Å². The first-order valence-corrected chi connectivity index (χ1v) is 6.79. The van der Waals surface area contributed by atoms with Gasteiger partial charge in [0.25, 0.3) is 0 Å². The molecular weight excluding hydrogens is 254 g/mol. The highest BCUT2D eigenvalue weighted by Gasteiger charge is 2.10. The number of fused-ring (bicyclic) bond motifs is 1. The van der Waals surface area contributed by atoms with E-state index in [0.717, 1.165) is 18.6 Å². The van der Waals surface area contributed by atoms with Crippen LogP contribution in [0.5, 0.6) is 0 Å². The lowest BCUT2D eigenvalue weighted by Gasteiger charge is -2.21. The summed E-state index contributed by atoms with van der Waals surface area (Å²) in [4.78, 5) is 7.27. The van der Waals surface area contributed by atoms with Crippen LogP contribution < -0.4 is 5.73 Å². The molecule has 0 amide bonds. The topological polar surface area (TPSA) is 42.2 Å². The monoisotopic (exact) mass is 273 g/mol. The van der Waals surface area contributed by atoms with Crippen LogP contribution in [0.1, 0.15) is 12.5 Å². The van der Waals surface area contributed by atoms with Crippen LogP contribution in [0.4, 0.5) is 0 Å². The number of benzene rings is 1. The Bertz CT molecular complexity index is 577. The predicted molar refractivity (Wildman–Crippen MR) is 84.0 cm³/mol. The molecule has 3 nitrogen and oxygen atoms in total. The van der Waals surface area contributed by atoms with Crippen LogP contribution in [0.25, 0.3) is 10.9 Å². The second kappa shape index (κ2) is 6.08. The van der Waals surface area contributed by atoms with E-state index >= 15 is 0 Å². The number of pyridine rings is 1. The fourth-order valence-corrected chi connectivity index (χ4v) is 2.28. The number of rotatable bonds is 5. The van der Waals surface area contributed by atoms with Crippen LogP contribution >= 0.6 is 12.2 Å². The minimum Gasteiger partial charge on any atom is -0.393 e. The van der Waals surface area contributed by atoms with Crippen LogP contribution in [-0.4, -0.2) is 28.5 Å². The lowest BCUT2D eigenvalue weighted by molar-refractivity contribution is 0.308. The second-order valence-electron chi connectivity index (χ2n) is 4.99. The Morgan fingerprint density at radius 1 is 1.37 bits per heavy atom. The van der Waals surface area contributed by atoms with Crippen LogP contribution in [0.3, 0.4) is 0 Å². The van der Waals surface area contributed by atoms with Crippen molar-refractivity contribution in [3.63, 3.8) is 0 Å². The third-order valence-corrected chi connectivity index (χ3v) is 3.63. The van der Waals surface area contributed by atoms with Gasteiger partial charge >= 0.3 is 0 Å². The van der Waals surface area contributed by atoms with Gasteiger partial charge in [-0.15, -0.1) is 0 Å². The summed E-state index contributed by atoms with van der Waals surface area (Å²) < 4.78 is 0. The van der Waals surface area contributed by atoms with Gasteiger partial charge in [-0.2, -0.15) is 0 Å². The zero-order valence-corrected chi connectivity index (χ0v) is 12.2. The standard InChI is InChI=1S/C15H19N3S/c1-11(15(16)19)9-18(2)10-13-6-3-5-12-7-4-8-17-14(12)13/h3-8,11H,9-10H2,1-2H3,(H2,16,19). The van der Waals surface area contributed by atoms with E-state index in [9.17, 15) is 0 Å². The fraction of sp³-hybridized carbons (Fsp3) is 0.333. The molecule has 0 saturated heterocycles. The molecule has 1 aromatic heterocycles. The molecule has 1 atom stereocenters. The summed E-state index contributed by atoms with van der Waals surface area (Å²) in [6, 6.07) is 10.3. The number of para-hydroxylation sites is 1. The Balaban J connectivity index is 2.15. The molecule has 0 saturated carbocycles. The van der Waals surface area contributed by atoms with Crippen LogP contribution in [0.2, 0.25) is 0 Å². The summed E-state index contributed by atoms with van der Waals surface area (Å²) in [5.41, 5.74) is 7.96. The molecule has 0 aliphatic rings. The van der Waals surface area contributed by atoms with Gasteiger partial charge in [0.05, 0.1) is 10.5 Å². The highest BCUT2D eigenvalue weighted by atomic mass is 32.1. The van der Waals surface area contributed by atoms with Gasteiger partial charge in [-0.3, -0.25) is 4.98 Å². The first kappa shape index (κ1) is 13.9. The van der Waals surface area contributed by atoms with E-state index in [2.05, 4.69) is 48.1 Å². The molecule has 0 fully saturated rings. The molecule has 0 aliphatic heterocycles. The maximum atomic E-state index is 5.66. The molecule has 1 heterocycles. The molecule has 1 aromatic carbocycles. The minimum atomic E-state index is 0.225. The highest BCUT2D eigenvalue weighted by Crippen LogP contribution is 2.17. The van der Waals surface area contributed by atoms with Gasteiger partial charge in [-0.1, -0.05) is 43.4 Å². The summed E-state index contributed by atoms with van der Waals surface area (Å²) in [6.45, 7) is 3.76. The van der Waals surface area contributed by atoms with Gasteiger partial charge in [0.15, 0.2) is 0 Å². The zero-order valence-electron chi connectivity index (χ0n) is 11.3. The Morgan fingerprint density at radius 3 is 2.84 bits per heavy atom. The maximum Gasteiger partial charge on any atom is 0.0768 e. The van der Waals surface area contributed by atoms with Gasteiger partial charge in [-0.25, -0.2) is 0 Å². The molecule has 0 radical (unpaired) electrons. The van der Waals surface area contributed by atoms with E-state index < -0.39 is 0 Å². The SMILES string of the molecule is CC(CN(C)Cc1cccc2cccnc12)C(N)=S. The maximum absolute atomic E-state index is 5.66. The van der Waals surface area contributed by atoms with E-state index in [1.165, 1.54) is 10.9 Å². The number of aromatic nitrogens is 1. The van der Waals surface area contributed by atoms with Crippen molar-refractivity contribution in [3.8, 4) is 0 Å². The zero-order chi connectivity index (χ0) is 13.8. The first-order valence-electron chi connectivity index (χ1n) is 6.38. The summed E-state index contributed by atoms with van der Waals surface area (Å²) in [5.74, 6) is 0.225. The normalized spacial score (nSPS) is 12.8. The molecule has 4 heteroatoms. The van der Waals surface area contributed by atoms with Crippen molar-refractivity contribution in [3.05, 3.63) is 42.1 Å². The molecule has 2 aromatic rings. The average Bonchev–Trinajstić information content (AvgIpc) is 2.39. The van der Waals surface area contributed by atoms with Crippen LogP contribution in [0.15, 0.2) is 36.5 Å². The molecule has 19 heavy (non-hydrogen) atoms. The third-order valence-electron chi connectivity index (χ3n) is 3.23. The van der Waals surface area contributed by atoms with Crippen LogP contribution in [-0.2, 0) is 6.54 Å². The van der Waals surface area contributed by atoms with Crippen molar-refractivity contribution in [2.24, 2.45) is 11.7 Å². The quantitative estimate of drug-likeness (QED) is 0.850. The lowest BCUT2D eigenvalue weighted by Crippen LogP contribution is -2.31. The Morgan fingerprint density at radius 2 is 2.11 bits per heavy atom. The van der Waals surface area contributed by atoms with E-state index in [0.29, 0.717) is 4.99 Å². The van der Waals surface area contributed by atoms with Gasteiger partial charge in [0.1, 0.15) is 0 Å². The molecule has 100 valence electrons. The number of nitrogens with zero attached hydrogens (tertiary/aromatic N) is 2. The predicted octanol–water partition coefficient (Wildman–Crippen LogP) is 2.59. The molecule has 0 spiro atoms. The molecule has 0 aliphatic carbocycles. The van der Waals surface area contributed by atoms with Crippen LogP contribution in [0, 0.1) is 5.92 Å². The van der Waals surface area contributed by atoms with Crippen molar-refractivity contribution in [2.75, 3.05) is 13.6 Å². The average molecular weight is 273 g/mol. The largest absolute Gasteiger partial charge is 0.393 e. The lowest BCUT2D eigenvalue weighted by atomic mass is 10.1. The molecule has 2 rings (SSSR count). The summed E-state index contributed by atoms with van der Waals surface area (Å²) in [5, 5.41) is 1.18. The first-order chi connectivity index (χ1) is 9.08. The van der Waals surface area contributed by atoms with Crippen molar-refractivity contribution >= 4 is 28.1 Å². The van der Waals surface area contributed by atoms with Gasteiger partial charge in [-0.05, 0) is 18.7 Å². The van der Waals surface area contributed by atoms with E-state index in [1.54, 1.807) is 0 Å². The van der Waals surface area contributed by atoms with Gasteiger partial charge < -0.3 is 10.6 Å².